The number of carbonyl (C=O) groups excluding carboxylic acids is 1. The molecule has 0 unspecified atom stereocenters. The average molecular weight is 214 g/mol. The lowest BCUT2D eigenvalue weighted by Crippen LogP contribution is -2.42. The molecule has 1 heterocycles. The molecule has 1 saturated heterocycles. The summed E-state index contributed by atoms with van der Waals surface area (Å²) in [5.74, 6) is 0.180. The normalized spacial score (nSPS) is 19.3. The monoisotopic (exact) mass is 214 g/mol. The van der Waals surface area contributed by atoms with Crippen molar-refractivity contribution < 1.29 is 9.53 Å². The number of Topliss-reactive ketones (excluding diaryl/α,β-unsaturated/α-hetero) is 1. The summed E-state index contributed by atoms with van der Waals surface area (Å²) in [5.41, 5.74) is 5.79. The molecule has 2 N–H and O–H groups in total. The lowest BCUT2D eigenvalue weighted by atomic mass is 10.1. The van der Waals surface area contributed by atoms with Gasteiger partial charge in [-0.1, -0.05) is 6.92 Å². The van der Waals surface area contributed by atoms with Crippen LogP contribution < -0.4 is 5.73 Å². The van der Waals surface area contributed by atoms with Crippen LogP contribution in [-0.4, -0.2) is 49.6 Å². The standard InChI is InChI=1S/C11H22N2O2/c1-2-7-15-9-11(14)8-13-5-3-10(12)4-6-13/h10H,2-9,12H2,1H3. The van der Waals surface area contributed by atoms with Crippen molar-refractivity contribution in [2.24, 2.45) is 5.73 Å². The highest BCUT2D eigenvalue weighted by Crippen LogP contribution is 2.07. The highest BCUT2D eigenvalue weighted by molar-refractivity contribution is 5.81. The smallest absolute Gasteiger partial charge is 0.172 e. The minimum atomic E-state index is 0.180. The van der Waals surface area contributed by atoms with Crippen LogP contribution in [0.25, 0.3) is 0 Å². The topological polar surface area (TPSA) is 55.6 Å². The summed E-state index contributed by atoms with van der Waals surface area (Å²) < 4.78 is 5.21. The van der Waals surface area contributed by atoms with Crippen molar-refractivity contribution in [1.29, 1.82) is 0 Å². The van der Waals surface area contributed by atoms with Crippen molar-refractivity contribution >= 4 is 5.78 Å². The number of piperidine rings is 1. The molecule has 0 aromatic rings. The Hall–Kier alpha value is -0.450. The quantitative estimate of drug-likeness (QED) is 0.650. The zero-order valence-electron chi connectivity index (χ0n) is 9.58. The Labute approximate surface area is 91.8 Å². The third kappa shape index (κ3) is 5.25. The van der Waals surface area contributed by atoms with Crippen LogP contribution in [0.5, 0.6) is 0 Å². The van der Waals surface area contributed by atoms with Crippen molar-refractivity contribution in [3.8, 4) is 0 Å². The maximum absolute atomic E-state index is 11.5. The van der Waals surface area contributed by atoms with E-state index in [4.69, 9.17) is 10.5 Å². The lowest BCUT2D eigenvalue weighted by Gasteiger charge is -2.29. The van der Waals surface area contributed by atoms with Gasteiger partial charge < -0.3 is 10.5 Å². The molecule has 1 rings (SSSR count). The Balaban J connectivity index is 2.09. The molecule has 15 heavy (non-hydrogen) atoms. The van der Waals surface area contributed by atoms with Gasteiger partial charge in [0.15, 0.2) is 5.78 Å². The number of carbonyl (C=O) groups is 1. The van der Waals surface area contributed by atoms with Crippen molar-refractivity contribution in [2.75, 3.05) is 32.8 Å². The molecule has 0 saturated carbocycles. The van der Waals surface area contributed by atoms with Crippen LogP contribution in [0.2, 0.25) is 0 Å². The molecule has 0 spiro atoms. The summed E-state index contributed by atoms with van der Waals surface area (Å²) in [7, 11) is 0. The number of nitrogens with zero attached hydrogens (tertiary/aromatic N) is 1. The molecule has 1 aliphatic rings. The average Bonchev–Trinajstić information content (AvgIpc) is 2.22. The van der Waals surface area contributed by atoms with Crippen LogP contribution >= 0.6 is 0 Å². The number of ketones is 1. The summed E-state index contributed by atoms with van der Waals surface area (Å²) in [4.78, 5) is 13.6. The molecule has 1 aliphatic heterocycles. The minimum Gasteiger partial charge on any atom is -0.374 e. The van der Waals surface area contributed by atoms with E-state index >= 15 is 0 Å². The van der Waals surface area contributed by atoms with Crippen molar-refractivity contribution in [3.05, 3.63) is 0 Å². The first kappa shape index (κ1) is 12.6. The van der Waals surface area contributed by atoms with Crippen LogP contribution in [0.1, 0.15) is 26.2 Å². The molecule has 1 fully saturated rings. The number of nitrogens with two attached hydrogens (primary N) is 1. The van der Waals surface area contributed by atoms with Crippen LogP contribution in [0.15, 0.2) is 0 Å². The molecule has 4 nitrogen and oxygen atoms in total. The number of likely N-dealkylation sites (tertiary alicyclic amines) is 1. The van der Waals surface area contributed by atoms with Crippen molar-refractivity contribution in [3.63, 3.8) is 0 Å². The third-order valence-corrected chi connectivity index (χ3v) is 2.64. The van der Waals surface area contributed by atoms with E-state index in [1.807, 2.05) is 6.92 Å². The molecule has 0 amide bonds. The molecule has 0 aromatic heterocycles. The Morgan fingerprint density at radius 1 is 1.47 bits per heavy atom. The van der Waals surface area contributed by atoms with Gasteiger partial charge in [-0.05, 0) is 19.3 Å². The first-order valence-corrected chi connectivity index (χ1v) is 5.79. The Morgan fingerprint density at radius 3 is 2.73 bits per heavy atom. The van der Waals surface area contributed by atoms with E-state index in [1.54, 1.807) is 0 Å². The highest BCUT2D eigenvalue weighted by Gasteiger charge is 2.17. The summed E-state index contributed by atoms with van der Waals surface area (Å²) in [6, 6.07) is 0.327. The van der Waals surface area contributed by atoms with Gasteiger partial charge >= 0.3 is 0 Å². The number of rotatable bonds is 6. The molecular weight excluding hydrogens is 192 g/mol. The van der Waals surface area contributed by atoms with E-state index < -0.39 is 0 Å². The maximum atomic E-state index is 11.5. The van der Waals surface area contributed by atoms with E-state index in [0.717, 1.165) is 32.4 Å². The van der Waals surface area contributed by atoms with Gasteiger partial charge in [0.2, 0.25) is 0 Å². The van der Waals surface area contributed by atoms with Crippen LogP contribution in [0.4, 0.5) is 0 Å². The van der Waals surface area contributed by atoms with E-state index in [1.165, 1.54) is 0 Å². The third-order valence-electron chi connectivity index (χ3n) is 2.64. The van der Waals surface area contributed by atoms with E-state index in [9.17, 15) is 4.79 Å². The second-order valence-electron chi connectivity index (χ2n) is 4.20. The van der Waals surface area contributed by atoms with Crippen molar-refractivity contribution in [1.82, 2.24) is 4.90 Å². The minimum absolute atomic E-state index is 0.180. The second-order valence-corrected chi connectivity index (χ2v) is 4.20. The summed E-state index contributed by atoms with van der Waals surface area (Å²) in [5, 5.41) is 0. The Bertz CT molecular complexity index is 189. The molecule has 4 heteroatoms. The molecule has 0 radical (unpaired) electrons. The van der Waals surface area contributed by atoms with Gasteiger partial charge in [-0.25, -0.2) is 0 Å². The van der Waals surface area contributed by atoms with Gasteiger partial charge in [-0.3, -0.25) is 9.69 Å². The second kappa shape index (κ2) is 6.93. The van der Waals surface area contributed by atoms with Crippen LogP contribution in [-0.2, 0) is 9.53 Å². The van der Waals surface area contributed by atoms with Gasteiger partial charge in [-0.15, -0.1) is 0 Å². The number of hydrogen-bond donors (Lipinski definition) is 1. The lowest BCUT2D eigenvalue weighted by molar-refractivity contribution is -0.125. The maximum Gasteiger partial charge on any atom is 0.172 e. The van der Waals surface area contributed by atoms with E-state index in [0.29, 0.717) is 19.2 Å². The molecule has 0 bridgehead atoms. The summed E-state index contributed by atoms with van der Waals surface area (Å²) in [6.07, 6.45) is 2.97. The number of ether oxygens (including phenoxy) is 1. The zero-order valence-corrected chi connectivity index (χ0v) is 9.58. The fourth-order valence-corrected chi connectivity index (χ4v) is 1.74. The predicted octanol–water partition coefficient (Wildman–Crippen LogP) is 0.405. The molecule has 0 atom stereocenters. The van der Waals surface area contributed by atoms with Crippen LogP contribution in [0.3, 0.4) is 0 Å². The Kier molecular flexibility index (Phi) is 5.83. The van der Waals surface area contributed by atoms with E-state index in [-0.39, 0.29) is 12.4 Å². The molecular formula is C11H22N2O2. The van der Waals surface area contributed by atoms with Gasteiger partial charge in [-0.2, -0.15) is 0 Å². The SMILES string of the molecule is CCCOCC(=O)CN1CCC(N)CC1. The summed E-state index contributed by atoms with van der Waals surface area (Å²) in [6.45, 7) is 5.39. The van der Waals surface area contributed by atoms with Gasteiger partial charge in [0.25, 0.3) is 0 Å². The molecule has 88 valence electrons. The molecule has 0 aliphatic carbocycles. The largest absolute Gasteiger partial charge is 0.374 e. The first-order chi connectivity index (χ1) is 7.22. The van der Waals surface area contributed by atoms with Crippen molar-refractivity contribution in [2.45, 2.75) is 32.2 Å². The zero-order chi connectivity index (χ0) is 11.1. The van der Waals surface area contributed by atoms with E-state index in [2.05, 4.69) is 4.90 Å². The fourth-order valence-electron chi connectivity index (χ4n) is 1.74. The van der Waals surface area contributed by atoms with Gasteiger partial charge in [0.05, 0.1) is 6.54 Å². The van der Waals surface area contributed by atoms with Crippen LogP contribution in [0, 0.1) is 0 Å². The summed E-state index contributed by atoms with van der Waals surface area (Å²) >= 11 is 0. The first-order valence-electron chi connectivity index (χ1n) is 5.79. The number of hydrogen-bond acceptors (Lipinski definition) is 4. The highest BCUT2D eigenvalue weighted by atomic mass is 16.5. The predicted molar refractivity (Wildman–Crippen MR) is 59.8 cm³/mol. The van der Waals surface area contributed by atoms with Gasteiger partial charge in [0.1, 0.15) is 6.61 Å². The molecule has 0 aromatic carbocycles. The van der Waals surface area contributed by atoms with Gasteiger partial charge in [0, 0.05) is 25.7 Å². The fraction of sp³-hybridized carbons (Fsp3) is 0.909. The Morgan fingerprint density at radius 2 is 2.13 bits per heavy atom.